The van der Waals surface area contributed by atoms with E-state index >= 15 is 0 Å². The third-order valence-corrected chi connectivity index (χ3v) is 7.13. The van der Waals surface area contributed by atoms with Gasteiger partial charge in [0, 0.05) is 18.0 Å². The highest BCUT2D eigenvalue weighted by atomic mass is 32.1. The van der Waals surface area contributed by atoms with Crippen LogP contribution in [0.1, 0.15) is 34.4 Å². The van der Waals surface area contributed by atoms with Gasteiger partial charge in [-0.05, 0) is 53.8 Å². The van der Waals surface area contributed by atoms with Crippen molar-refractivity contribution in [2.75, 3.05) is 13.1 Å². The van der Waals surface area contributed by atoms with Crippen LogP contribution in [0.2, 0.25) is 0 Å². The third kappa shape index (κ3) is 2.57. The molecule has 2 aromatic rings. The van der Waals surface area contributed by atoms with Gasteiger partial charge in [-0.2, -0.15) is 0 Å². The lowest BCUT2D eigenvalue weighted by atomic mass is 9.76. The molecule has 7 heteroatoms. The Morgan fingerprint density at radius 3 is 2.89 bits per heavy atom. The van der Waals surface area contributed by atoms with Crippen molar-refractivity contribution in [1.82, 2.24) is 15.1 Å². The number of benzene rings is 1. The van der Waals surface area contributed by atoms with Crippen LogP contribution < -0.4 is 5.32 Å². The summed E-state index contributed by atoms with van der Waals surface area (Å²) in [6.45, 7) is 0.979. The van der Waals surface area contributed by atoms with Crippen LogP contribution in [0.25, 0.3) is 0 Å². The highest BCUT2D eigenvalue weighted by Crippen LogP contribution is 2.39. The SMILES string of the molecule is O=C(CN1C(=O)NC2(CCCc3ccccc32)C1=O)N1CCc2sccc2C1. The van der Waals surface area contributed by atoms with E-state index in [0.717, 1.165) is 35.3 Å². The minimum Gasteiger partial charge on any atom is -0.336 e. The van der Waals surface area contributed by atoms with Gasteiger partial charge in [-0.25, -0.2) is 4.79 Å². The van der Waals surface area contributed by atoms with Crippen LogP contribution in [0.3, 0.4) is 0 Å². The lowest BCUT2D eigenvalue weighted by molar-refractivity contribution is -0.140. The first-order valence-corrected chi connectivity index (χ1v) is 10.5. The maximum Gasteiger partial charge on any atom is 0.325 e. The van der Waals surface area contributed by atoms with E-state index in [1.54, 1.807) is 16.2 Å². The lowest BCUT2D eigenvalue weighted by Gasteiger charge is -2.33. The van der Waals surface area contributed by atoms with Gasteiger partial charge in [-0.1, -0.05) is 24.3 Å². The predicted octanol–water partition coefficient (Wildman–Crippen LogP) is 2.42. The van der Waals surface area contributed by atoms with Gasteiger partial charge in [-0.3, -0.25) is 14.5 Å². The number of imide groups is 1. The molecular weight excluding hydrogens is 374 g/mol. The van der Waals surface area contributed by atoms with E-state index in [9.17, 15) is 14.4 Å². The number of nitrogens with zero attached hydrogens (tertiary/aromatic N) is 2. The van der Waals surface area contributed by atoms with Crippen LogP contribution in [-0.4, -0.2) is 40.7 Å². The van der Waals surface area contributed by atoms with Gasteiger partial charge in [0.15, 0.2) is 0 Å². The standard InChI is InChI=1S/C21H21N3O3S/c25-18(23-10-7-17-15(12-23)8-11-28-17)13-24-19(26)21(22-20(24)27)9-3-5-14-4-1-2-6-16(14)21/h1-2,4,6,8,11H,3,5,7,9-10,12-13H2,(H,22,27). The van der Waals surface area contributed by atoms with Crippen LogP contribution in [0.4, 0.5) is 4.79 Å². The first-order chi connectivity index (χ1) is 13.6. The molecule has 4 amide bonds. The maximum atomic E-state index is 13.3. The summed E-state index contributed by atoms with van der Waals surface area (Å²) < 4.78 is 0. The molecule has 1 aromatic heterocycles. The molecule has 1 spiro atoms. The van der Waals surface area contributed by atoms with E-state index in [-0.39, 0.29) is 18.4 Å². The fourth-order valence-corrected chi connectivity index (χ4v) is 5.54. The number of hydrogen-bond donors (Lipinski definition) is 1. The van der Waals surface area contributed by atoms with Gasteiger partial charge in [0.2, 0.25) is 5.91 Å². The molecule has 3 aliphatic rings. The molecule has 1 N–H and O–H groups in total. The number of rotatable bonds is 2. The zero-order valence-corrected chi connectivity index (χ0v) is 16.3. The highest BCUT2D eigenvalue weighted by molar-refractivity contribution is 7.10. The molecule has 1 atom stereocenters. The fourth-order valence-electron chi connectivity index (χ4n) is 4.65. The van der Waals surface area contributed by atoms with Crippen molar-refractivity contribution in [3.63, 3.8) is 0 Å². The summed E-state index contributed by atoms with van der Waals surface area (Å²) in [5, 5.41) is 4.96. The van der Waals surface area contributed by atoms with Gasteiger partial charge >= 0.3 is 6.03 Å². The molecule has 1 saturated heterocycles. The van der Waals surface area contributed by atoms with E-state index in [4.69, 9.17) is 0 Å². The fraction of sp³-hybridized carbons (Fsp3) is 0.381. The van der Waals surface area contributed by atoms with Gasteiger partial charge in [0.25, 0.3) is 5.91 Å². The smallest absolute Gasteiger partial charge is 0.325 e. The number of fused-ring (bicyclic) bond motifs is 3. The number of nitrogens with one attached hydrogen (secondary N) is 1. The van der Waals surface area contributed by atoms with Crippen molar-refractivity contribution >= 4 is 29.2 Å². The van der Waals surface area contributed by atoms with Crippen molar-refractivity contribution in [3.8, 4) is 0 Å². The minimum atomic E-state index is -1.02. The Morgan fingerprint density at radius 1 is 1.14 bits per heavy atom. The second-order valence-corrected chi connectivity index (χ2v) is 8.67. The van der Waals surface area contributed by atoms with Gasteiger partial charge in [-0.15, -0.1) is 11.3 Å². The average molecular weight is 395 g/mol. The maximum absolute atomic E-state index is 13.3. The van der Waals surface area contributed by atoms with Gasteiger partial charge in [0.1, 0.15) is 12.1 Å². The number of carbonyl (C=O) groups is 3. The highest BCUT2D eigenvalue weighted by Gasteiger charge is 2.54. The number of amides is 4. The Morgan fingerprint density at radius 2 is 2.00 bits per heavy atom. The van der Waals surface area contributed by atoms with Crippen molar-refractivity contribution in [1.29, 1.82) is 0 Å². The summed E-state index contributed by atoms with van der Waals surface area (Å²) in [6.07, 6.45) is 3.13. The van der Waals surface area contributed by atoms with Crippen LogP contribution in [0.5, 0.6) is 0 Å². The monoisotopic (exact) mass is 395 g/mol. The summed E-state index contributed by atoms with van der Waals surface area (Å²) in [4.78, 5) is 43.0. The number of carbonyl (C=O) groups excluding carboxylic acids is 3. The molecule has 1 fully saturated rings. The van der Waals surface area contributed by atoms with Crippen molar-refractivity contribution in [2.45, 2.75) is 37.8 Å². The number of urea groups is 1. The van der Waals surface area contributed by atoms with Gasteiger partial charge in [0.05, 0.1) is 0 Å². The van der Waals surface area contributed by atoms with E-state index in [0.29, 0.717) is 19.5 Å². The Hall–Kier alpha value is -2.67. The van der Waals surface area contributed by atoms with E-state index in [1.165, 1.54) is 10.4 Å². The molecule has 6 nitrogen and oxygen atoms in total. The molecule has 5 rings (SSSR count). The summed E-state index contributed by atoms with van der Waals surface area (Å²) in [6, 6.07) is 9.35. The molecule has 0 radical (unpaired) electrons. The molecule has 144 valence electrons. The quantitative estimate of drug-likeness (QED) is 0.794. The summed E-state index contributed by atoms with van der Waals surface area (Å²) in [7, 11) is 0. The van der Waals surface area contributed by atoms with E-state index < -0.39 is 11.6 Å². The Labute approximate surface area is 167 Å². The number of hydrogen-bond acceptors (Lipinski definition) is 4. The minimum absolute atomic E-state index is 0.179. The Bertz CT molecular complexity index is 985. The molecular formula is C21H21N3O3S. The Balaban J connectivity index is 1.37. The van der Waals surface area contributed by atoms with E-state index in [2.05, 4.69) is 5.32 Å². The van der Waals surface area contributed by atoms with Crippen LogP contribution in [0.15, 0.2) is 35.7 Å². The first-order valence-electron chi connectivity index (χ1n) is 9.64. The summed E-state index contributed by atoms with van der Waals surface area (Å²) in [5.74, 6) is -0.479. The lowest BCUT2D eigenvalue weighted by Crippen LogP contribution is -2.48. The second-order valence-electron chi connectivity index (χ2n) is 7.67. The molecule has 0 saturated carbocycles. The van der Waals surface area contributed by atoms with Crippen molar-refractivity contribution < 1.29 is 14.4 Å². The molecule has 3 heterocycles. The van der Waals surface area contributed by atoms with Crippen LogP contribution in [-0.2, 0) is 34.5 Å². The third-order valence-electron chi connectivity index (χ3n) is 6.10. The number of thiophene rings is 1. The van der Waals surface area contributed by atoms with Crippen LogP contribution in [0, 0.1) is 0 Å². The molecule has 1 unspecified atom stereocenters. The van der Waals surface area contributed by atoms with Crippen molar-refractivity contribution in [2.24, 2.45) is 0 Å². The van der Waals surface area contributed by atoms with Crippen LogP contribution >= 0.6 is 11.3 Å². The Kier molecular flexibility index (Phi) is 4.01. The second kappa shape index (κ2) is 6.44. The van der Waals surface area contributed by atoms with Gasteiger partial charge < -0.3 is 10.2 Å². The van der Waals surface area contributed by atoms with Crippen molar-refractivity contribution in [3.05, 3.63) is 57.3 Å². The molecule has 0 bridgehead atoms. The topological polar surface area (TPSA) is 69.7 Å². The average Bonchev–Trinajstić information content (AvgIpc) is 3.27. The molecule has 2 aliphatic heterocycles. The molecule has 28 heavy (non-hydrogen) atoms. The molecule has 1 aromatic carbocycles. The largest absolute Gasteiger partial charge is 0.336 e. The zero-order valence-electron chi connectivity index (χ0n) is 15.4. The predicted molar refractivity (Wildman–Crippen MR) is 105 cm³/mol. The molecule has 1 aliphatic carbocycles. The first kappa shape index (κ1) is 17.4. The normalized spacial score (nSPS) is 23.6. The van der Waals surface area contributed by atoms with E-state index in [1.807, 2.05) is 35.7 Å². The zero-order chi connectivity index (χ0) is 19.3. The summed E-state index contributed by atoms with van der Waals surface area (Å²) >= 11 is 1.71. The summed E-state index contributed by atoms with van der Waals surface area (Å²) in [5.41, 5.74) is 2.11. The number of aryl methyl sites for hydroxylation is 1.